The molecule has 0 aliphatic heterocycles. The molecule has 0 spiro atoms. The number of hydrogen-bond donors (Lipinski definition) is 0. The Labute approximate surface area is 165 Å². The highest BCUT2D eigenvalue weighted by Crippen LogP contribution is 2.56. The molecule has 2 aromatic rings. The van der Waals surface area contributed by atoms with Gasteiger partial charge in [0.2, 0.25) is 0 Å². The molecule has 0 amide bonds. The van der Waals surface area contributed by atoms with Gasteiger partial charge in [0.25, 0.3) is 0 Å². The average molecular weight is 552 g/mol. The predicted octanol–water partition coefficient (Wildman–Crippen LogP) is 6.88. The first-order valence-electron chi connectivity index (χ1n) is 6.65. The largest absolute Gasteiger partial charge is 0.435 e. The Morgan fingerprint density at radius 3 is 1.81 bits per heavy atom. The summed E-state index contributed by atoms with van der Waals surface area (Å²) in [7, 11) is 0. The van der Waals surface area contributed by atoms with Crippen molar-refractivity contribution < 1.29 is 30.7 Å². The lowest BCUT2D eigenvalue weighted by atomic mass is 9.87. The minimum Gasteiger partial charge on any atom is -0.218 e. The van der Waals surface area contributed by atoms with Crippen molar-refractivity contribution in [1.29, 1.82) is 5.26 Å². The third kappa shape index (κ3) is 3.55. The zero-order chi connectivity index (χ0) is 19.9. The molecule has 138 valence electrons. The van der Waals surface area contributed by atoms with E-state index in [4.69, 9.17) is 5.26 Å². The van der Waals surface area contributed by atoms with E-state index in [2.05, 4.69) is 15.9 Å². The maximum atomic E-state index is 14.7. The SMILES string of the molecule is N#Cc1ccc(-c2c(Br)cc(I)cc2C(F)(C(F)(F)F)C(F)(F)F)cc1. The van der Waals surface area contributed by atoms with E-state index in [0.717, 1.165) is 12.1 Å². The van der Waals surface area contributed by atoms with Crippen molar-refractivity contribution in [2.45, 2.75) is 18.0 Å². The first-order valence-corrected chi connectivity index (χ1v) is 8.52. The smallest absolute Gasteiger partial charge is 0.218 e. The molecule has 10 heteroatoms. The van der Waals surface area contributed by atoms with E-state index in [1.807, 2.05) is 0 Å². The molecule has 0 aliphatic rings. The zero-order valence-electron chi connectivity index (χ0n) is 12.3. The molecule has 0 aromatic heterocycles. The number of nitrogens with zero attached hydrogens (tertiary/aromatic N) is 1. The van der Waals surface area contributed by atoms with Crippen LogP contribution in [0.5, 0.6) is 0 Å². The molecule has 0 bridgehead atoms. The van der Waals surface area contributed by atoms with Gasteiger partial charge in [-0.15, -0.1) is 0 Å². The van der Waals surface area contributed by atoms with Crippen molar-refractivity contribution in [3.63, 3.8) is 0 Å². The summed E-state index contributed by atoms with van der Waals surface area (Å²) in [6, 6.07) is 8.29. The third-order valence-corrected chi connectivity index (χ3v) is 4.76. The van der Waals surface area contributed by atoms with E-state index < -0.39 is 29.1 Å². The van der Waals surface area contributed by atoms with Gasteiger partial charge in [0.1, 0.15) is 0 Å². The highest BCUT2D eigenvalue weighted by Gasteiger charge is 2.74. The van der Waals surface area contributed by atoms with Crippen LogP contribution in [0.3, 0.4) is 0 Å². The summed E-state index contributed by atoms with van der Waals surface area (Å²) in [5, 5.41) is 8.77. The van der Waals surface area contributed by atoms with Gasteiger partial charge in [-0.05, 0) is 52.4 Å². The number of hydrogen-bond acceptors (Lipinski definition) is 1. The molecule has 0 saturated carbocycles. The summed E-state index contributed by atoms with van der Waals surface area (Å²) in [4.78, 5) is 0. The quantitative estimate of drug-likeness (QED) is 0.295. The molecule has 0 heterocycles. The van der Waals surface area contributed by atoms with E-state index in [1.54, 1.807) is 6.07 Å². The minimum atomic E-state index is -6.23. The molecule has 0 N–H and O–H groups in total. The fourth-order valence-electron chi connectivity index (χ4n) is 2.32. The van der Waals surface area contributed by atoms with Gasteiger partial charge in [-0.2, -0.15) is 31.6 Å². The molecule has 2 aromatic carbocycles. The number of benzene rings is 2. The molecule has 0 aliphatic carbocycles. The lowest BCUT2D eigenvalue weighted by Gasteiger charge is -2.32. The van der Waals surface area contributed by atoms with Crippen LogP contribution in [0.4, 0.5) is 30.7 Å². The Morgan fingerprint density at radius 2 is 1.38 bits per heavy atom. The molecule has 0 atom stereocenters. The van der Waals surface area contributed by atoms with Crippen molar-refractivity contribution in [2.75, 3.05) is 0 Å². The molecule has 0 unspecified atom stereocenters. The first-order chi connectivity index (χ1) is 11.8. The number of alkyl halides is 7. The van der Waals surface area contributed by atoms with Gasteiger partial charge in [-0.1, -0.05) is 28.1 Å². The fourth-order valence-corrected chi connectivity index (χ4v) is 4.06. The molecular formula is C16H6BrF7IN. The molecule has 2 rings (SSSR count). The van der Waals surface area contributed by atoms with Crippen LogP contribution in [0, 0.1) is 14.9 Å². The first kappa shape index (κ1) is 21.0. The second-order valence-corrected chi connectivity index (χ2v) is 7.25. The molecule has 1 nitrogen and oxygen atoms in total. The van der Waals surface area contributed by atoms with Gasteiger partial charge in [0.15, 0.2) is 0 Å². The lowest BCUT2D eigenvalue weighted by molar-refractivity contribution is -0.348. The molecular weight excluding hydrogens is 546 g/mol. The molecule has 0 saturated heterocycles. The standard InChI is InChI=1S/C16H6BrF7IN/c17-12-6-10(25)5-11(14(18,15(19,20)21)16(22,23)24)13(12)9-3-1-8(7-26)2-4-9/h1-6H. The summed E-state index contributed by atoms with van der Waals surface area (Å²) in [6.45, 7) is 0. The second-order valence-electron chi connectivity index (χ2n) is 5.15. The Morgan fingerprint density at radius 1 is 0.885 bits per heavy atom. The van der Waals surface area contributed by atoms with Gasteiger partial charge >= 0.3 is 18.0 Å². The summed E-state index contributed by atoms with van der Waals surface area (Å²) < 4.78 is 93.8. The van der Waals surface area contributed by atoms with Crippen LogP contribution in [-0.4, -0.2) is 12.4 Å². The van der Waals surface area contributed by atoms with Crippen LogP contribution < -0.4 is 0 Å². The van der Waals surface area contributed by atoms with E-state index in [0.29, 0.717) is 6.07 Å². The van der Waals surface area contributed by atoms with Crippen LogP contribution in [0.1, 0.15) is 11.1 Å². The molecule has 0 radical (unpaired) electrons. The average Bonchev–Trinajstić information content (AvgIpc) is 2.51. The number of nitriles is 1. The van der Waals surface area contributed by atoms with Crippen molar-refractivity contribution in [3.8, 4) is 17.2 Å². The van der Waals surface area contributed by atoms with Crippen LogP contribution >= 0.6 is 38.5 Å². The topological polar surface area (TPSA) is 23.8 Å². The predicted molar refractivity (Wildman–Crippen MR) is 91.9 cm³/mol. The second kappa shape index (κ2) is 6.99. The summed E-state index contributed by atoms with van der Waals surface area (Å²) >= 11 is 4.43. The highest BCUT2D eigenvalue weighted by molar-refractivity contribution is 14.1. The minimum absolute atomic E-state index is 0.0163. The molecule has 0 fully saturated rings. The Kier molecular flexibility index (Phi) is 5.64. The van der Waals surface area contributed by atoms with Crippen molar-refractivity contribution in [3.05, 3.63) is 55.6 Å². The maximum absolute atomic E-state index is 14.7. The maximum Gasteiger partial charge on any atom is 0.435 e. The third-order valence-electron chi connectivity index (χ3n) is 3.51. The van der Waals surface area contributed by atoms with Gasteiger partial charge in [0, 0.05) is 19.2 Å². The Balaban J connectivity index is 2.90. The summed E-state index contributed by atoms with van der Waals surface area (Å²) in [6.07, 6.45) is -12.5. The van der Waals surface area contributed by atoms with Gasteiger partial charge in [-0.25, -0.2) is 4.39 Å². The van der Waals surface area contributed by atoms with Gasteiger partial charge in [0.05, 0.1) is 11.6 Å². The monoisotopic (exact) mass is 551 g/mol. The van der Waals surface area contributed by atoms with E-state index in [1.165, 1.54) is 40.8 Å². The van der Waals surface area contributed by atoms with Crippen LogP contribution in [0.25, 0.3) is 11.1 Å². The van der Waals surface area contributed by atoms with Crippen LogP contribution in [-0.2, 0) is 5.67 Å². The Hall–Kier alpha value is -1.35. The van der Waals surface area contributed by atoms with Gasteiger partial charge in [-0.3, -0.25) is 0 Å². The Bertz CT molecular complexity index is 852. The van der Waals surface area contributed by atoms with E-state index >= 15 is 0 Å². The highest BCUT2D eigenvalue weighted by atomic mass is 127. The van der Waals surface area contributed by atoms with Crippen molar-refractivity contribution >= 4 is 38.5 Å². The molecule has 26 heavy (non-hydrogen) atoms. The van der Waals surface area contributed by atoms with Crippen LogP contribution in [0.15, 0.2) is 40.9 Å². The van der Waals surface area contributed by atoms with E-state index in [9.17, 15) is 30.7 Å². The lowest BCUT2D eigenvalue weighted by Crippen LogP contribution is -2.50. The number of halogens is 9. The van der Waals surface area contributed by atoms with Crippen molar-refractivity contribution in [2.24, 2.45) is 0 Å². The van der Waals surface area contributed by atoms with E-state index in [-0.39, 0.29) is 19.2 Å². The zero-order valence-corrected chi connectivity index (χ0v) is 16.1. The van der Waals surface area contributed by atoms with Crippen LogP contribution in [0.2, 0.25) is 0 Å². The summed E-state index contributed by atoms with van der Waals surface area (Å²) in [5.74, 6) is 0. The van der Waals surface area contributed by atoms with Crippen molar-refractivity contribution in [1.82, 2.24) is 0 Å². The number of rotatable bonds is 2. The van der Waals surface area contributed by atoms with Gasteiger partial charge < -0.3 is 0 Å². The summed E-state index contributed by atoms with van der Waals surface area (Å²) in [5.41, 5.74) is -7.67. The fraction of sp³-hybridized carbons (Fsp3) is 0.188. The normalized spacial score (nSPS) is 12.8.